The molecule has 1 rings (SSSR count). The molecule has 2 N–H and O–H groups in total. The van der Waals surface area contributed by atoms with E-state index in [1.807, 2.05) is 0 Å². The van der Waals surface area contributed by atoms with Crippen LogP contribution < -0.4 is 10.0 Å². The molecule has 0 bridgehead atoms. The second-order valence-corrected chi connectivity index (χ2v) is 5.73. The summed E-state index contributed by atoms with van der Waals surface area (Å²) in [6.07, 6.45) is -0.622. The average molecular weight is 308 g/mol. The van der Waals surface area contributed by atoms with Crippen LogP contribution in [0.4, 0.5) is 29.3 Å². The van der Waals surface area contributed by atoms with E-state index in [9.17, 15) is 18.0 Å². The number of amides is 1. The van der Waals surface area contributed by atoms with E-state index in [2.05, 4.69) is 10.0 Å². The van der Waals surface area contributed by atoms with Crippen LogP contribution in [0.25, 0.3) is 0 Å². The molecule has 0 aliphatic carbocycles. The minimum atomic E-state index is -4.35. The van der Waals surface area contributed by atoms with E-state index in [1.54, 1.807) is 20.8 Å². The fourth-order valence-electron chi connectivity index (χ4n) is 1.16. The van der Waals surface area contributed by atoms with Gasteiger partial charge in [0.05, 0.1) is 11.9 Å². The number of carbonyl (C=O) groups is 1. The summed E-state index contributed by atoms with van der Waals surface area (Å²) in [5.74, 6) is 0. The summed E-state index contributed by atoms with van der Waals surface area (Å²) in [6.45, 7) is 5.19. The van der Waals surface area contributed by atoms with Crippen molar-refractivity contribution >= 4 is 29.4 Å². The van der Waals surface area contributed by atoms with Gasteiger partial charge in [-0.15, -0.1) is 0 Å². The van der Waals surface area contributed by atoms with Crippen molar-refractivity contribution in [1.29, 1.82) is 0 Å². The fraction of sp³-hybridized carbons (Fsp3) is 0.417. The molecule has 0 spiro atoms. The molecule has 0 aromatic heterocycles. The zero-order valence-corrected chi connectivity index (χ0v) is 12.0. The Morgan fingerprint density at radius 1 is 1.10 bits per heavy atom. The number of benzene rings is 1. The minimum absolute atomic E-state index is 0.280. The second-order valence-electron chi connectivity index (χ2n) is 4.85. The predicted molar refractivity (Wildman–Crippen MR) is 73.6 cm³/mol. The number of hydrogen-bond acceptors (Lipinski definition) is 4. The molecule has 0 unspecified atom stereocenters. The van der Waals surface area contributed by atoms with Crippen LogP contribution in [0.1, 0.15) is 20.8 Å². The summed E-state index contributed by atoms with van der Waals surface area (Å²) >= 11 is -0.348. The van der Waals surface area contributed by atoms with Crippen LogP contribution in [0.2, 0.25) is 0 Å². The molecule has 0 saturated heterocycles. The highest BCUT2D eigenvalue weighted by atomic mass is 32.2. The third-order valence-electron chi connectivity index (χ3n) is 1.81. The van der Waals surface area contributed by atoms with Gasteiger partial charge in [0.15, 0.2) is 0 Å². The van der Waals surface area contributed by atoms with Crippen LogP contribution in [0.15, 0.2) is 24.3 Å². The quantitative estimate of drug-likeness (QED) is 0.800. The molecule has 0 atom stereocenters. The standard InChI is InChI=1S/C12H15F3N2O2S/c1-11(2,3)19-10(18)16-8-4-6-9(7-5-8)17-20-12(13,14)15/h4-7,17H,1-3H3,(H,16,18). The highest BCUT2D eigenvalue weighted by Crippen LogP contribution is 2.31. The first-order valence-electron chi connectivity index (χ1n) is 5.66. The third kappa shape index (κ3) is 7.13. The van der Waals surface area contributed by atoms with E-state index in [1.165, 1.54) is 24.3 Å². The van der Waals surface area contributed by atoms with Gasteiger partial charge in [-0.1, -0.05) is 0 Å². The van der Waals surface area contributed by atoms with Crippen LogP contribution in [0, 0.1) is 0 Å². The van der Waals surface area contributed by atoms with E-state index in [0.29, 0.717) is 5.69 Å². The van der Waals surface area contributed by atoms with Crippen molar-refractivity contribution in [2.75, 3.05) is 10.0 Å². The zero-order valence-electron chi connectivity index (χ0n) is 11.2. The number of ether oxygens (including phenoxy) is 1. The van der Waals surface area contributed by atoms with Gasteiger partial charge in [-0.2, -0.15) is 13.2 Å². The highest BCUT2D eigenvalue weighted by molar-refractivity contribution is 8.01. The van der Waals surface area contributed by atoms with Gasteiger partial charge < -0.3 is 9.46 Å². The summed E-state index contributed by atoms with van der Waals surface area (Å²) < 4.78 is 43.1. The largest absolute Gasteiger partial charge is 0.461 e. The summed E-state index contributed by atoms with van der Waals surface area (Å²) in [7, 11) is 0. The van der Waals surface area contributed by atoms with Gasteiger partial charge >= 0.3 is 11.6 Å². The van der Waals surface area contributed by atoms with Crippen molar-refractivity contribution in [1.82, 2.24) is 0 Å². The Balaban J connectivity index is 2.52. The summed E-state index contributed by atoms with van der Waals surface area (Å²) in [4.78, 5) is 11.5. The number of nitrogens with one attached hydrogen (secondary N) is 2. The molecule has 112 valence electrons. The molecule has 4 nitrogen and oxygen atoms in total. The number of rotatable bonds is 3. The van der Waals surface area contributed by atoms with Crippen molar-refractivity contribution in [3.63, 3.8) is 0 Å². The number of hydrogen-bond donors (Lipinski definition) is 2. The van der Waals surface area contributed by atoms with Gasteiger partial charge in [0.25, 0.3) is 0 Å². The molecule has 0 heterocycles. The topological polar surface area (TPSA) is 50.4 Å². The lowest BCUT2D eigenvalue weighted by molar-refractivity contribution is -0.0323. The van der Waals surface area contributed by atoms with Crippen molar-refractivity contribution in [3.8, 4) is 0 Å². The van der Waals surface area contributed by atoms with Crippen LogP contribution >= 0.6 is 11.9 Å². The maximum Gasteiger partial charge on any atom is 0.461 e. The summed E-state index contributed by atoms with van der Waals surface area (Å²) in [5.41, 5.74) is -4.26. The van der Waals surface area contributed by atoms with Crippen LogP contribution in [-0.2, 0) is 4.74 Å². The van der Waals surface area contributed by atoms with E-state index < -0.39 is 17.2 Å². The molecular weight excluding hydrogens is 293 g/mol. The van der Waals surface area contributed by atoms with E-state index in [0.717, 1.165) is 0 Å². The second kappa shape index (κ2) is 6.25. The smallest absolute Gasteiger partial charge is 0.444 e. The lowest BCUT2D eigenvalue weighted by Crippen LogP contribution is -2.27. The molecule has 0 saturated carbocycles. The average Bonchev–Trinajstić information content (AvgIpc) is 2.24. The van der Waals surface area contributed by atoms with Crippen molar-refractivity contribution < 1.29 is 22.7 Å². The van der Waals surface area contributed by atoms with Crippen molar-refractivity contribution in [2.24, 2.45) is 0 Å². The SMILES string of the molecule is CC(C)(C)OC(=O)Nc1ccc(NSC(F)(F)F)cc1. The molecule has 8 heteroatoms. The van der Waals surface area contributed by atoms with Crippen LogP contribution in [-0.4, -0.2) is 17.2 Å². The Hall–Kier alpha value is -1.57. The fourth-order valence-corrected chi connectivity index (χ4v) is 1.53. The maximum absolute atomic E-state index is 12.0. The van der Waals surface area contributed by atoms with E-state index in [-0.39, 0.29) is 17.6 Å². The van der Waals surface area contributed by atoms with E-state index >= 15 is 0 Å². The monoisotopic (exact) mass is 308 g/mol. The molecule has 0 fully saturated rings. The van der Waals surface area contributed by atoms with Crippen molar-refractivity contribution in [2.45, 2.75) is 31.9 Å². The minimum Gasteiger partial charge on any atom is -0.444 e. The predicted octanol–water partition coefficient (Wildman–Crippen LogP) is 4.61. The molecular formula is C12H15F3N2O2S. The molecule has 1 aromatic rings. The number of alkyl halides is 3. The molecule has 0 radical (unpaired) electrons. The normalized spacial score (nSPS) is 11.9. The van der Waals surface area contributed by atoms with Gasteiger partial charge in [0, 0.05) is 11.4 Å². The number of carbonyl (C=O) groups excluding carboxylic acids is 1. The van der Waals surface area contributed by atoms with Crippen LogP contribution in [0.3, 0.4) is 0 Å². The molecule has 20 heavy (non-hydrogen) atoms. The Morgan fingerprint density at radius 3 is 2.05 bits per heavy atom. The number of halogens is 3. The lowest BCUT2D eigenvalue weighted by atomic mass is 10.2. The first-order chi connectivity index (χ1) is 9.05. The molecule has 0 aliphatic heterocycles. The Bertz CT molecular complexity index is 455. The van der Waals surface area contributed by atoms with Gasteiger partial charge in [0.2, 0.25) is 0 Å². The Labute approximate surface area is 119 Å². The summed E-state index contributed by atoms with van der Waals surface area (Å²) in [5, 5.41) is 2.48. The lowest BCUT2D eigenvalue weighted by Gasteiger charge is -2.19. The Kier molecular flexibility index (Phi) is 5.15. The van der Waals surface area contributed by atoms with Crippen molar-refractivity contribution in [3.05, 3.63) is 24.3 Å². The maximum atomic E-state index is 12.0. The molecule has 1 amide bonds. The number of anilines is 2. The molecule has 0 aliphatic rings. The van der Waals surface area contributed by atoms with Gasteiger partial charge in [-0.25, -0.2) is 4.79 Å². The van der Waals surface area contributed by atoms with Gasteiger partial charge in [-0.05, 0) is 45.0 Å². The van der Waals surface area contributed by atoms with Gasteiger partial charge in [0.1, 0.15) is 5.60 Å². The van der Waals surface area contributed by atoms with E-state index in [4.69, 9.17) is 4.74 Å². The van der Waals surface area contributed by atoms with Crippen LogP contribution in [0.5, 0.6) is 0 Å². The third-order valence-corrected chi connectivity index (χ3v) is 2.38. The highest BCUT2D eigenvalue weighted by Gasteiger charge is 2.28. The Morgan fingerprint density at radius 2 is 1.60 bits per heavy atom. The molecule has 1 aromatic carbocycles. The first kappa shape index (κ1) is 16.5. The van der Waals surface area contributed by atoms with Gasteiger partial charge in [-0.3, -0.25) is 5.32 Å². The first-order valence-corrected chi connectivity index (χ1v) is 6.48. The summed E-state index contributed by atoms with van der Waals surface area (Å²) in [6, 6.07) is 5.79. The zero-order chi connectivity index (χ0) is 15.4.